The highest BCUT2D eigenvalue weighted by Crippen LogP contribution is 2.25. The number of furan rings is 1. The summed E-state index contributed by atoms with van der Waals surface area (Å²) in [5.74, 6) is 1.09. The normalized spacial score (nSPS) is 14.1. The molecule has 0 saturated carbocycles. The van der Waals surface area contributed by atoms with Crippen LogP contribution in [0.1, 0.15) is 52.4 Å². The Kier molecular flexibility index (Phi) is 6.08. The van der Waals surface area contributed by atoms with Crippen molar-refractivity contribution in [2.45, 2.75) is 60.2 Å². The van der Waals surface area contributed by atoms with E-state index in [-0.39, 0.29) is 5.41 Å². The minimum absolute atomic E-state index is 0.280. The molecule has 0 saturated heterocycles. The Bertz CT molecular complexity index is 365. The number of nitrogens with one attached hydrogen (secondary N) is 1. The molecule has 0 aliphatic heterocycles. The molecule has 1 aromatic heterocycles. The second-order valence-electron chi connectivity index (χ2n) is 6.50. The molecule has 0 bridgehead atoms. The van der Waals surface area contributed by atoms with Gasteiger partial charge in [0, 0.05) is 18.2 Å². The van der Waals surface area contributed by atoms with E-state index in [0.717, 1.165) is 31.8 Å². The zero-order valence-electron chi connectivity index (χ0n) is 13.4. The van der Waals surface area contributed by atoms with Crippen molar-refractivity contribution in [2.75, 3.05) is 13.6 Å². The zero-order valence-corrected chi connectivity index (χ0v) is 13.4. The van der Waals surface area contributed by atoms with Gasteiger partial charge in [0.25, 0.3) is 0 Å². The van der Waals surface area contributed by atoms with E-state index in [1.54, 1.807) is 6.26 Å². The van der Waals surface area contributed by atoms with Gasteiger partial charge in [-0.15, -0.1) is 0 Å². The van der Waals surface area contributed by atoms with E-state index >= 15 is 0 Å². The highest BCUT2D eigenvalue weighted by Gasteiger charge is 2.24. The average Bonchev–Trinajstić information content (AvgIpc) is 2.75. The molecule has 0 radical (unpaired) electrons. The van der Waals surface area contributed by atoms with Gasteiger partial charge in [-0.25, -0.2) is 0 Å². The van der Waals surface area contributed by atoms with Crippen LogP contribution >= 0.6 is 0 Å². The molecule has 0 spiro atoms. The van der Waals surface area contributed by atoms with E-state index in [0.29, 0.717) is 6.04 Å². The van der Waals surface area contributed by atoms with Crippen LogP contribution in [0.25, 0.3) is 0 Å². The minimum Gasteiger partial charge on any atom is -0.468 e. The third-order valence-corrected chi connectivity index (χ3v) is 3.89. The predicted molar refractivity (Wildman–Crippen MR) is 81.1 cm³/mol. The molecule has 1 N–H and O–H groups in total. The van der Waals surface area contributed by atoms with Crippen molar-refractivity contribution >= 4 is 0 Å². The molecular weight excluding hydrogens is 236 g/mol. The van der Waals surface area contributed by atoms with E-state index in [9.17, 15) is 0 Å². The molecule has 110 valence electrons. The van der Waals surface area contributed by atoms with Gasteiger partial charge in [-0.05, 0) is 38.4 Å². The van der Waals surface area contributed by atoms with Gasteiger partial charge >= 0.3 is 0 Å². The Morgan fingerprint density at radius 1 is 1.37 bits per heavy atom. The van der Waals surface area contributed by atoms with Gasteiger partial charge in [0.2, 0.25) is 0 Å². The van der Waals surface area contributed by atoms with Crippen molar-refractivity contribution in [3.05, 3.63) is 23.7 Å². The highest BCUT2D eigenvalue weighted by molar-refractivity contribution is 5.16. The van der Waals surface area contributed by atoms with Crippen molar-refractivity contribution < 1.29 is 4.42 Å². The third-order valence-electron chi connectivity index (χ3n) is 3.89. The molecule has 1 heterocycles. The van der Waals surface area contributed by atoms with Gasteiger partial charge in [0.05, 0.1) is 12.8 Å². The summed E-state index contributed by atoms with van der Waals surface area (Å²) in [7, 11) is 2.17. The standard InChI is InChI=1S/C16H30N2O/c1-7-9-17-11-14-8-10-19-15(14)12-18(6)13(2)16(3,4)5/h8,10,13,17H,7,9,11-12H2,1-6H3. The van der Waals surface area contributed by atoms with Gasteiger partial charge in [-0.2, -0.15) is 0 Å². The summed E-state index contributed by atoms with van der Waals surface area (Å²) in [4.78, 5) is 2.36. The van der Waals surface area contributed by atoms with E-state index in [1.807, 2.05) is 0 Å². The Morgan fingerprint density at radius 3 is 2.63 bits per heavy atom. The van der Waals surface area contributed by atoms with Crippen LogP contribution in [0.15, 0.2) is 16.7 Å². The van der Waals surface area contributed by atoms with Crippen LogP contribution in [0.3, 0.4) is 0 Å². The smallest absolute Gasteiger partial charge is 0.122 e. The fraction of sp³-hybridized carbons (Fsp3) is 0.750. The van der Waals surface area contributed by atoms with E-state index in [2.05, 4.69) is 57.9 Å². The quantitative estimate of drug-likeness (QED) is 0.764. The van der Waals surface area contributed by atoms with Crippen molar-refractivity contribution in [2.24, 2.45) is 5.41 Å². The number of hydrogen-bond acceptors (Lipinski definition) is 3. The lowest BCUT2D eigenvalue weighted by molar-refractivity contribution is 0.126. The first-order chi connectivity index (χ1) is 8.86. The number of hydrogen-bond donors (Lipinski definition) is 1. The Labute approximate surface area is 118 Å². The van der Waals surface area contributed by atoms with Crippen LogP contribution in [0, 0.1) is 5.41 Å². The number of nitrogens with zero attached hydrogens (tertiary/aromatic N) is 1. The van der Waals surface area contributed by atoms with Crippen LogP contribution in [0.5, 0.6) is 0 Å². The molecule has 19 heavy (non-hydrogen) atoms. The second kappa shape index (κ2) is 7.11. The van der Waals surface area contributed by atoms with Crippen LogP contribution in [-0.2, 0) is 13.1 Å². The summed E-state index contributed by atoms with van der Waals surface area (Å²) in [6.45, 7) is 14.1. The Hall–Kier alpha value is -0.800. The fourth-order valence-corrected chi connectivity index (χ4v) is 2.09. The summed E-state index contributed by atoms with van der Waals surface area (Å²) < 4.78 is 5.65. The lowest BCUT2D eigenvalue weighted by Crippen LogP contribution is -2.38. The fourth-order valence-electron chi connectivity index (χ4n) is 2.09. The monoisotopic (exact) mass is 266 g/mol. The topological polar surface area (TPSA) is 28.4 Å². The predicted octanol–water partition coefficient (Wildman–Crippen LogP) is 3.65. The van der Waals surface area contributed by atoms with E-state index in [4.69, 9.17) is 4.42 Å². The summed E-state index contributed by atoms with van der Waals surface area (Å²) in [5.41, 5.74) is 1.56. The molecule has 1 aromatic rings. The number of rotatable bonds is 7. The lowest BCUT2D eigenvalue weighted by Gasteiger charge is -2.35. The molecule has 0 amide bonds. The highest BCUT2D eigenvalue weighted by atomic mass is 16.3. The first-order valence-electron chi connectivity index (χ1n) is 7.32. The first-order valence-corrected chi connectivity index (χ1v) is 7.32. The molecule has 1 rings (SSSR count). The summed E-state index contributed by atoms with van der Waals surface area (Å²) in [6.07, 6.45) is 2.96. The maximum absolute atomic E-state index is 5.65. The summed E-state index contributed by atoms with van der Waals surface area (Å²) in [6, 6.07) is 2.59. The van der Waals surface area contributed by atoms with Gasteiger partial charge < -0.3 is 9.73 Å². The van der Waals surface area contributed by atoms with Crippen molar-refractivity contribution in [1.82, 2.24) is 10.2 Å². The van der Waals surface area contributed by atoms with E-state index < -0.39 is 0 Å². The molecule has 0 aliphatic rings. The van der Waals surface area contributed by atoms with Crippen LogP contribution in [-0.4, -0.2) is 24.5 Å². The van der Waals surface area contributed by atoms with Gasteiger partial charge in [-0.3, -0.25) is 4.90 Å². The van der Waals surface area contributed by atoms with Gasteiger partial charge in [0.1, 0.15) is 5.76 Å². The summed E-state index contributed by atoms with van der Waals surface area (Å²) in [5, 5.41) is 3.43. The SMILES string of the molecule is CCCNCc1ccoc1CN(C)C(C)C(C)(C)C. The molecule has 0 fully saturated rings. The van der Waals surface area contributed by atoms with Crippen molar-refractivity contribution in [1.29, 1.82) is 0 Å². The molecule has 3 heteroatoms. The average molecular weight is 266 g/mol. The minimum atomic E-state index is 0.280. The maximum atomic E-state index is 5.65. The lowest BCUT2D eigenvalue weighted by atomic mass is 9.87. The molecule has 3 nitrogen and oxygen atoms in total. The zero-order chi connectivity index (χ0) is 14.5. The molecule has 1 unspecified atom stereocenters. The second-order valence-corrected chi connectivity index (χ2v) is 6.50. The van der Waals surface area contributed by atoms with Gasteiger partial charge in [0.15, 0.2) is 0 Å². The Morgan fingerprint density at radius 2 is 2.05 bits per heavy atom. The molecule has 0 aromatic carbocycles. The first kappa shape index (κ1) is 16.3. The van der Waals surface area contributed by atoms with Gasteiger partial charge in [-0.1, -0.05) is 27.7 Å². The van der Waals surface area contributed by atoms with E-state index in [1.165, 1.54) is 5.56 Å². The molecule has 1 atom stereocenters. The van der Waals surface area contributed by atoms with Crippen LogP contribution in [0.4, 0.5) is 0 Å². The molecule has 0 aliphatic carbocycles. The van der Waals surface area contributed by atoms with Crippen molar-refractivity contribution in [3.8, 4) is 0 Å². The summed E-state index contributed by atoms with van der Waals surface area (Å²) >= 11 is 0. The Balaban J connectivity index is 2.59. The van der Waals surface area contributed by atoms with Crippen molar-refractivity contribution in [3.63, 3.8) is 0 Å². The largest absolute Gasteiger partial charge is 0.468 e. The van der Waals surface area contributed by atoms with Crippen LogP contribution in [0.2, 0.25) is 0 Å². The molecular formula is C16H30N2O. The van der Waals surface area contributed by atoms with Crippen LogP contribution < -0.4 is 5.32 Å². The maximum Gasteiger partial charge on any atom is 0.122 e. The third kappa shape index (κ3) is 5.00.